The summed E-state index contributed by atoms with van der Waals surface area (Å²) >= 11 is 0. The van der Waals surface area contributed by atoms with Gasteiger partial charge in [-0.25, -0.2) is 15.0 Å². The van der Waals surface area contributed by atoms with Crippen LogP contribution in [0, 0.1) is 0 Å². The number of aromatic nitrogens is 5. The van der Waals surface area contributed by atoms with Gasteiger partial charge in [-0.3, -0.25) is 0 Å². The normalized spacial score (nSPS) is 12.0. The van der Waals surface area contributed by atoms with Crippen molar-refractivity contribution in [3.05, 3.63) is 224 Å². The first-order valence-corrected chi connectivity index (χ1v) is 23.5. The van der Waals surface area contributed by atoms with E-state index in [0.717, 1.165) is 121 Å². The van der Waals surface area contributed by atoms with Gasteiger partial charge in [0.25, 0.3) is 0 Å². The van der Waals surface area contributed by atoms with Crippen LogP contribution in [-0.4, -0.2) is 24.1 Å². The van der Waals surface area contributed by atoms with Crippen molar-refractivity contribution < 1.29 is 8.83 Å². The van der Waals surface area contributed by atoms with Crippen LogP contribution in [0.1, 0.15) is 0 Å². The predicted octanol–water partition coefficient (Wildman–Crippen LogP) is 16.5. The molecule has 7 nitrogen and oxygen atoms in total. The van der Waals surface area contributed by atoms with Crippen LogP contribution in [0.3, 0.4) is 0 Å². The molecule has 0 bridgehead atoms. The Hall–Kier alpha value is -9.59. The Bertz CT molecular complexity index is 4570. The van der Waals surface area contributed by atoms with Gasteiger partial charge in [0.1, 0.15) is 22.3 Å². The zero-order chi connectivity index (χ0) is 45.9. The van der Waals surface area contributed by atoms with Crippen LogP contribution in [0.15, 0.2) is 233 Å². The number of hydrogen-bond acceptors (Lipinski definition) is 5. The van der Waals surface area contributed by atoms with Crippen LogP contribution < -0.4 is 0 Å². The van der Waals surface area contributed by atoms with Gasteiger partial charge in [-0.2, -0.15) is 0 Å². The zero-order valence-electron chi connectivity index (χ0n) is 37.4. The summed E-state index contributed by atoms with van der Waals surface area (Å²) in [6.45, 7) is 0. The van der Waals surface area contributed by atoms with E-state index in [9.17, 15) is 0 Å². The average molecular weight is 896 g/mol. The Labute approximate surface area is 399 Å². The Balaban J connectivity index is 1.06. The minimum absolute atomic E-state index is 0.520. The van der Waals surface area contributed by atoms with Gasteiger partial charge in [-0.05, 0) is 59.7 Å². The van der Waals surface area contributed by atoms with Crippen molar-refractivity contribution in [2.45, 2.75) is 0 Å². The smallest absolute Gasteiger partial charge is 0.167 e. The van der Waals surface area contributed by atoms with Crippen molar-refractivity contribution in [2.75, 3.05) is 0 Å². The second kappa shape index (κ2) is 15.0. The quantitative estimate of drug-likeness (QED) is 0.166. The highest BCUT2D eigenvalue weighted by Crippen LogP contribution is 2.51. The molecule has 0 N–H and O–H groups in total. The van der Waals surface area contributed by atoms with E-state index < -0.39 is 0 Å². The summed E-state index contributed by atoms with van der Waals surface area (Å²) in [6, 6.07) is 78.2. The average Bonchev–Trinajstić information content (AvgIpc) is 4.20. The monoisotopic (exact) mass is 895 g/mol. The summed E-state index contributed by atoms with van der Waals surface area (Å²) < 4.78 is 19.0. The number of nitrogens with zero attached hydrogens (tertiary/aromatic N) is 5. The van der Waals surface area contributed by atoms with Gasteiger partial charge in [0.15, 0.2) is 17.5 Å². The topological polar surface area (TPSA) is 74.8 Å². The van der Waals surface area contributed by atoms with Crippen molar-refractivity contribution in [3.63, 3.8) is 0 Å². The predicted molar refractivity (Wildman–Crippen MR) is 285 cm³/mol. The molecule has 326 valence electrons. The first kappa shape index (κ1) is 38.5. The molecule has 0 aliphatic carbocycles. The Kier molecular flexibility index (Phi) is 8.23. The maximum absolute atomic E-state index is 7.09. The van der Waals surface area contributed by atoms with E-state index >= 15 is 0 Å². The fourth-order valence-corrected chi connectivity index (χ4v) is 10.9. The first-order chi connectivity index (χ1) is 34.7. The van der Waals surface area contributed by atoms with Gasteiger partial charge in [0.2, 0.25) is 0 Å². The second-order valence-electron chi connectivity index (χ2n) is 17.8. The molecule has 15 rings (SSSR count). The molecule has 10 aromatic carbocycles. The van der Waals surface area contributed by atoms with Crippen LogP contribution in [0.4, 0.5) is 0 Å². The highest BCUT2D eigenvalue weighted by molar-refractivity contribution is 6.39. The molecular weight excluding hydrogens is 859 g/mol. The van der Waals surface area contributed by atoms with E-state index in [1.165, 1.54) is 0 Å². The van der Waals surface area contributed by atoms with E-state index in [-0.39, 0.29) is 0 Å². The third-order valence-electron chi connectivity index (χ3n) is 14.0. The Morgan fingerprint density at radius 3 is 1.41 bits per heavy atom. The maximum atomic E-state index is 7.09. The third kappa shape index (κ3) is 5.60. The summed E-state index contributed by atoms with van der Waals surface area (Å²) in [5.74, 6) is 1.67. The fraction of sp³-hybridized carbons (Fsp3) is 0. The molecule has 7 heteroatoms. The lowest BCUT2D eigenvalue weighted by molar-refractivity contribution is 0.669. The minimum Gasteiger partial charge on any atom is -0.455 e. The summed E-state index contributed by atoms with van der Waals surface area (Å²) in [6.07, 6.45) is 0. The number of fused-ring (bicyclic) bond motifs is 15. The van der Waals surface area contributed by atoms with Gasteiger partial charge in [0.05, 0.1) is 49.5 Å². The molecule has 0 saturated heterocycles. The fourth-order valence-electron chi connectivity index (χ4n) is 10.9. The molecule has 15 aromatic rings. The van der Waals surface area contributed by atoms with E-state index in [1.807, 2.05) is 48.5 Å². The van der Waals surface area contributed by atoms with Crippen LogP contribution in [-0.2, 0) is 0 Å². The van der Waals surface area contributed by atoms with E-state index in [1.54, 1.807) is 0 Å². The van der Waals surface area contributed by atoms with Gasteiger partial charge >= 0.3 is 0 Å². The van der Waals surface area contributed by atoms with Crippen molar-refractivity contribution in [3.8, 4) is 56.7 Å². The number of benzene rings is 10. The lowest BCUT2D eigenvalue weighted by Gasteiger charge is -2.14. The number of rotatable bonds is 6. The molecule has 0 radical (unpaired) electrons. The van der Waals surface area contributed by atoms with Crippen LogP contribution in [0.25, 0.3) is 144 Å². The lowest BCUT2D eigenvalue weighted by atomic mass is 10.0. The van der Waals surface area contributed by atoms with Crippen molar-refractivity contribution >= 4 is 87.5 Å². The highest BCUT2D eigenvalue weighted by Gasteiger charge is 2.29. The third-order valence-corrected chi connectivity index (χ3v) is 14.0. The van der Waals surface area contributed by atoms with E-state index in [0.29, 0.717) is 23.1 Å². The van der Waals surface area contributed by atoms with E-state index in [2.05, 4.69) is 185 Å². The SMILES string of the molecule is c1ccc(-c2ccc(-c3nc(-c4ccccc4)nc(-c4ccc(-n5c6ccccc6c6c7c(c8ccccc8n7-c7ccccc7)c7oc8ccccc8c7c65)c5c4oc4ccccc45)n3)cc2)cc1. The van der Waals surface area contributed by atoms with Crippen LogP contribution >= 0.6 is 0 Å². The molecule has 5 heterocycles. The molecular formula is C63H37N5O2. The van der Waals surface area contributed by atoms with Gasteiger partial charge < -0.3 is 18.0 Å². The number of para-hydroxylation sites is 5. The van der Waals surface area contributed by atoms with Gasteiger partial charge in [-0.1, -0.05) is 176 Å². The Morgan fingerprint density at radius 1 is 0.300 bits per heavy atom. The van der Waals surface area contributed by atoms with Crippen molar-refractivity contribution in [1.82, 2.24) is 24.1 Å². The molecule has 0 unspecified atom stereocenters. The van der Waals surface area contributed by atoms with Crippen LogP contribution in [0.5, 0.6) is 0 Å². The minimum atomic E-state index is 0.520. The second-order valence-corrected chi connectivity index (χ2v) is 17.8. The van der Waals surface area contributed by atoms with Gasteiger partial charge in [-0.15, -0.1) is 0 Å². The van der Waals surface area contributed by atoms with Crippen molar-refractivity contribution in [1.29, 1.82) is 0 Å². The molecule has 70 heavy (non-hydrogen) atoms. The van der Waals surface area contributed by atoms with Crippen LogP contribution in [0.2, 0.25) is 0 Å². The van der Waals surface area contributed by atoms with Gasteiger partial charge in [0, 0.05) is 43.7 Å². The van der Waals surface area contributed by atoms with E-state index in [4.69, 9.17) is 23.8 Å². The molecule has 0 amide bonds. The zero-order valence-corrected chi connectivity index (χ0v) is 37.4. The number of furan rings is 2. The number of hydrogen-bond donors (Lipinski definition) is 0. The summed E-state index contributed by atoms with van der Waals surface area (Å²) in [4.78, 5) is 15.6. The molecule has 0 atom stereocenters. The summed E-state index contributed by atoms with van der Waals surface area (Å²) in [7, 11) is 0. The molecule has 0 fully saturated rings. The van der Waals surface area contributed by atoms with Crippen molar-refractivity contribution in [2.24, 2.45) is 0 Å². The molecule has 0 saturated carbocycles. The largest absolute Gasteiger partial charge is 0.455 e. The lowest BCUT2D eigenvalue weighted by Crippen LogP contribution is -2.01. The first-order valence-electron chi connectivity index (χ1n) is 23.5. The molecule has 0 aliphatic heterocycles. The highest BCUT2D eigenvalue weighted by atomic mass is 16.3. The molecule has 0 spiro atoms. The standard InChI is InChI=1S/C63H37N5O2/c1-4-18-38(19-5-1)39-32-34-41(35-33-39)62-64-61(40-20-6-2-7-21-40)65-63(66-62)47-36-37-50(53-45-26-12-16-30-51(45)69-59(47)53)68-49-29-15-10-24-43(49)54-57-55(60-56(58(54)68)46-27-13-17-31-52(46)70-60)44-25-11-14-28-48(44)67(57)42-22-8-3-9-23-42/h1-37H. The maximum Gasteiger partial charge on any atom is 0.167 e. The summed E-state index contributed by atoms with van der Waals surface area (Å²) in [5, 5.41) is 8.55. The molecule has 5 aromatic heterocycles. The molecule has 0 aliphatic rings. The Morgan fingerprint density at radius 2 is 0.743 bits per heavy atom. The summed E-state index contributed by atoms with van der Waals surface area (Å²) in [5.41, 5.74) is 14.3.